The monoisotopic (exact) mass is 246 g/mol. The van der Waals surface area contributed by atoms with Crippen molar-refractivity contribution in [2.45, 2.75) is 13.8 Å². The molecule has 0 bridgehead atoms. The van der Waals surface area contributed by atoms with E-state index >= 15 is 0 Å². The molecule has 17 heavy (non-hydrogen) atoms. The number of thiophene rings is 1. The zero-order valence-corrected chi connectivity index (χ0v) is 10.7. The number of hydrogen-bond acceptors (Lipinski definition) is 3. The van der Waals surface area contributed by atoms with E-state index in [1.165, 1.54) is 0 Å². The van der Waals surface area contributed by atoms with Gasteiger partial charge in [-0.1, -0.05) is 30.3 Å². The van der Waals surface area contributed by atoms with E-state index in [9.17, 15) is 4.79 Å². The van der Waals surface area contributed by atoms with Gasteiger partial charge in [0.15, 0.2) is 0 Å². The van der Waals surface area contributed by atoms with Crippen LogP contribution in [0.2, 0.25) is 0 Å². The molecule has 0 aliphatic rings. The molecule has 0 fully saturated rings. The molecule has 1 aromatic carbocycles. The van der Waals surface area contributed by atoms with Gasteiger partial charge < -0.3 is 4.74 Å². The van der Waals surface area contributed by atoms with Crippen molar-refractivity contribution in [2.24, 2.45) is 0 Å². The summed E-state index contributed by atoms with van der Waals surface area (Å²) in [7, 11) is 0. The molecular formula is C14H14O2S. The molecule has 0 saturated carbocycles. The van der Waals surface area contributed by atoms with Gasteiger partial charge >= 0.3 is 5.97 Å². The Kier molecular flexibility index (Phi) is 3.59. The smallest absolute Gasteiger partial charge is 0.339 e. The van der Waals surface area contributed by atoms with Crippen LogP contribution in [0.15, 0.2) is 36.4 Å². The average molecular weight is 246 g/mol. The van der Waals surface area contributed by atoms with Crippen molar-refractivity contribution in [3.8, 4) is 10.4 Å². The molecule has 88 valence electrons. The normalized spacial score (nSPS) is 10.2. The first-order valence-electron chi connectivity index (χ1n) is 5.55. The van der Waals surface area contributed by atoms with E-state index in [2.05, 4.69) is 0 Å². The molecule has 2 rings (SSSR count). The first-order valence-corrected chi connectivity index (χ1v) is 6.37. The second-order valence-electron chi connectivity index (χ2n) is 3.67. The largest absolute Gasteiger partial charge is 0.462 e. The van der Waals surface area contributed by atoms with Crippen molar-refractivity contribution in [3.05, 3.63) is 46.8 Å². The van der Waals surface area contributed by atoms with E-state index in [-0.39, 0.29) is 5.97 Å². The lowest BCUT2D eigenvalue weighted by atomic mass is 10.1. The lowest BCUT2D eigenvalue weighted by Crippen LogP contribution is -2.04. The summed E-state index contributed by atoms with van der Waals surface area (Å²) >= 11 is 1.62. The molecule has 0 spiro atoms. The van der Waals surface area contributed by atoms with Gasteiger partial charge in [0, 0.05) is 9.75 Å². The quantitative estimate of drug-likeness (QED) is 0.768. The molecule has 0 amide bonds. The number of esters is 1. The number of rotatable bonds is 3. The molecule has 1 aromatic heterocycles. The predicted molar refractivity (Wildman–Crippen MR) is 70.4 cm³/mol. The number of ether oxygens (including phenoxy) is 1. The third kappa shape index (κ3) is 2.56. The molecule has 0 aliphatic heterocycles. The molecule has 2 aromatic rings. The van der Waals surface area contributed by atoms with E-state index < -0.39 is 0 Å². The van der Waals surface area contributed by atoms with Crippen molar-refractivity contribution in [1.29, 1.82) is 0 Å². The Morgan fingerprint density at radius 1 is 1.29 bits per heavy atom. The Morgan fingerprint density at radius 3 is 2.65 bits per heavy atom. The van der Waals surface area contributed by atoms with Gasteiger partial charge in [-0.05, 0) is 25.5 Å². The molecular weight excluding hydrogens is 232 g/mol. The molecule has 0 N–H and O–H groups in total. The highest BCUT2D eigenvalue weighted by molar-refractivity contribution is 7.15. The van der Waals surface area contributed by atoms with Gasteiger partial charge in [0.05, 0.1) is 12.2 Å². The Balaban J connectivity index is 2.34. The third-order valence-electron chi connectivity index (χ3n) is 2.47. The third-order valence-corrected chi connectivity index (χ3v) is 3.57. The Morgan fingerprint density at radius 2 is 2.00 bits per heavy atom. The fraction of sp³-hybridized carbons (Fsp3) is 0.214. The summed E-state index contributed by atoms with van der Waals surface area (Å²) < 4.78 is 5.03. The molecule has 3 heteroatoms. The van der Waals surface area contributed by atoms with Gasteiger partial charge in [0.1, 0.15) is 0 Å². The van der Waals surface area contributed by atoms with Crippen molar-refractivity contribution >= 4 is 17.3 Å². The number of carbonyl (C=O) groups is 1. The number of aryl methyl sites for hydroxylation is 1. The van der Waals surface area contributed by atoms with Crippen LogP contribution in [0.25, 0.3) is 10.4 Å². The zero-order valence-electron chi connectivity index (χ0n) is 9.90. The van der Waals surface area contributed by atoms with Gasteiger partial charge in [-0.25, -0.2) is 4.79 Å². The Hall–Kier alpha value is -1.61. The van der Waals surface area contributed by atoms with Crippen molar-refractivity contribution < 1.29 is 9.53 Å². The predicted octanol–water partition coefficient (Wildman–Crippen LogP) is 3.90. The maximum absolute atomic E-state index is 11.7. The van der Waals surface area contributed by atoms with E-state index in [4.69, 9.17) is 4.74 Å². The van der Waals surface area contributed by atoms with E-state index in [0.29, 0.717) is 12.2 Å². The summed E-state index contributed by atoms with van der Waals surface area (Å²) in [5.74, 6) is -0.233. The number of hydrogen-bond donors (Lipinski definition) is 0. The van der Waals surface area contributed by atoms with Crippen LogP contribution in [0, 0.1) is 6.92 Å². The highest BCUT2D eigenvalue weighted by Gasteiger charge is 2.14. The number of carbonyl (C=O) groups excluding carboxylic acids is 1. The van der Waals surface area contributed by atoms with Crippen LogP contribution in [0.4, 0.5) is 0 Å². The minimum absolute atomic E-state index is 0.233. The fourth-order valence-electron chi connectivity index (χ4n) is 1.64. The lowest BCUT2D eigenvalue weighted by molar-refractivity contribution is 0.0526. The highest BCUT2D eigenvalue weighted by Crippen LogP contribution is 2.31. The second kappa shape index (κ2) is 5.15. The van der Waals surface area contributed by atoms with Gasteiger partial charge in [0.2, 0.25) is 0 Å². The van der Waals surface area contributed by atoms with E-state index in [1.54, 1.807) is 11.3 Å². The Bertz CT molecular complexity index is 514. The highest BCUT2D eigenvalue weighted by atomic mass is 32.1. The standard InChI is InChI=1S/C14H14O2S/c1-3-16-14(15)12-9-13(17-10(12)2)11-7-5-4-6-8-11/h4-9H,3H2,1-2H3. The van der Waals surface area contributed by atoms with Crippen LogP contribution in [-0.4, -0.2) is 12.6 Å². The van der Waals surface area contributed by atoms with Gasteiger partial charge in [0.25, 0.3) is 0 Å². The molecule has 1 heterocycles. The van der Waals surface area contributed by atoms with Crippen LogP contribution in [0.1, 0.15) is 22.2 Å². The molecule has 0 radical (unpaired) electrons. The van der Waals surface area contributed by atoms with Crippen molar-refractivity contribution in [3.63, 3.8) is 0 Å². The summed E-state index contributed by atoms with van der Waals surface area (Å²) in [5, 5.41) is 0. The lowest BCUT2D eigenvalue weighted by Gasteiger charge is -1.99. The van der Waals surface area contributed by atoms with Crippen LogP contribution < -0.4 is 0 Å². The summed E-state index contributed by atoms with van der Waals surface area (Å²) in [6.07, 6.45) is 0. The van der Waals surface area contributed by atoms with Crippen molar-refractivity contribution in [2.75, 3.05) is 6.61 Å². The van der Waals surface area contributed by atoms with Crippen LogP contribution in [0.3, 0.4) is 0 Å². The number of benzene rings is 1. The molecule has 0 unspecified atom stereocenters. The van der Waals surface area contributed by atoms with Crippen LogP contribution in [0.5, 0.6) is 0 Å². The second-order valence-corrected chi connectivity index (χ2v) is 4.92. The molecule has 2 nitrogen and oxygen atoms in total. The minimum atomic E-state index is -0.233. The zero-order chi connectivity index (χ0) is 12.3. The summed E-state index contributed by atoms with van der Waals surface area (Å²) in [6, 6.07) is 12.0. The first-order chi connectivity index (χ1) is 8.22. The van der Waals surface area contributed by atoms with Gasteiger partial charge in [-0.2, -0.15) is 0 Å². The first kappa shape index (κ1) is 11.9. The topological polar surface area (TPSA) is 26.3 Å². The van der Waals surface area contributed by atoms with E-state index in [0.717, 1.165) is 15.3 Å². The molecule has 0 aliphatic carbocycles. The van der Waals surface area contributed by atoms with E-state index in [1.807, 2.05) is 50.2 Å². The summed E-state index contributed by atoms with van der Waals surface area (Å²) in [5.41, 5.74) is 1.81. The SMILES string of the molecule is CCOC(=O)c1cc(-c2ccccc2)sc1C. The summed E-state index contributed by atoms with van der Waals surface area (Å²) in [4.78, 5) is 13.8. The molecule has 0 atom stereocenters. The van der Waals surface area contributed by atoms with Crippen molar-refractivity contribution in [1.82, 2.24) is 0 Å². The Labute approximate surface area is 105 Å². The fourth-order valence-corrected chi connectivity index (χ4v) is 2.65. The summed E-state index contributed by atoms with van der Waals surface area (Å²) in [6.45, 7) is 4.18. The minimum Gasteiger partial charge on any atom is -0.462 e. The van der Waals surface area contributed by atoms with Crippen LogP contribution >= 0.6 is 11.3 Å². The average Bonchev–Trinajstić information content (AvgIpc) is 2.73. The maximum atomic E-state index is 11.7. The van der Waals surface area contributed by atoms with Gasteiger partial charge in [-0.15, -0.1) is 11.3 Å². The van der Waals surface area contributed by atoms with Crippen LogP contribution in [-0.2, 0) is 4.74 Å². The molecule has 0 saturated heterocycles. The van der Waals surface area contributed by atoms with Gasteiger partial charge in [-0.3, -0.25) is 0 Å². The maximum Gasteiger partial charge on any atom is 0.339 e.